The number of likely N-dealkylation sites (N-methyl/N-ethyl adjacent to an activating group) is 1. The highest BCUT2D eigenvalue weighted by atomic mass is 28.4. The van der Waals surface area contributed by atoms with Gasteiger partial charge in [-0.05, 0) is 49.3 Å². The number of nitrogens with zero attached hydrogens (tertiary/aromatic N) is 1. The van der Waals surface area contributed by atoms with Gasteiger partial charge in [0.05, 0.1) is 6.10 Å². The van der Waals surface area contributed by atoms with Gasteiger partial charge in [0, 0.05) is 25.7 Å². The molecule has 1 aromatic carbocycles. The molecule has 1 fully saturated rings. The number of rotatable bonds is 6. The van der Waals surface area contributed by atoms with E-state index in [1.54, 1.807) is 6.07 Å². The first-order chi connectivity index (χ1) is 11.5. The predicted octanol–water partition coefficient (Wildman–Crippen LogP) is 4.32. The maximum atomic E-state index is 13.5. The Morgan fingerprint density at radius 3 is 2.52 bits per heavy atom. The van der Waals surface area contributed by atoms with Crippen LogP contribution in [0.2, 0.25) is 18.1 Å². The van der Waals surface area contributed by atoms with Gasteiger partial charge in [-0.2, -0.15) is 0 Å². The number of halogens is 2. The first-order valence-electron chi connectivity index (χ1n) is 9.06. The van der Waals surface area contributed by atoms with Crippen molar-refractivity contribution < 1.29 is 13.2 Å². The summed E-state index contributed by atoms with van der Waals surface area (Å²) in [5, 5.41) is 3.42. The van der Waals surface area contributed by atoms with Crippen LogP contribution in [0.15, 0.2) is 18.2 Å². The summed E-state index contributed by atoms with van der Waals surface area (Å²) in [7, 11) is 0.0938. The highest BCUT2D eigenvalue weighted by molar-refractivity contribution is 6.74. The van der Waals surface area contributed by atoms with Crippen molar-refractivity contribution in [3.8, 4) is 0 Å². The second-order valence-electron chi connectivity index (χ2n) is 8.56. The Kier molecular flexibility index (Phi) is 6.41. The van der Waals surface area contributed by atoms with Crippen molar-refractivity contribution in [2.24, 2.45) is 0 Å². The summed E-state index contributed by atoms with van der Waals surface area (Å²) < 4.78 is 33.2. The van der Waals surface area contributed by atoms with Crippen molar-refractivity contribution in [3.05, 3.63) is 35.4 Å². The van der Waals surface area contributed by atoms with E-state index in [-0.39, 0.29) is 17.2 Å². The van der Waals surface area contributed by atoms with Crippen LogP contribution in [0, 0.1) is 11.6 Å². The standard InChI is InChI=1S/C19H32F2N2OSi/c1-19(2,3)25(5,6)24-15-9-10-23(12-15)13-18(22-4)14-7-8-16(20)17(21)11-14/h7-8,11,15,18,22H,9-10,12-13H2,1-6H3/t15-,18+/m1/s1. The molecular formula is C19H32F2N2OSi. The van der Waals surface area contributed by atoms with Crippen molar-refractivity contribution in [1.29, 1.82) is 0 Å². The van der Waals surface area contributed by atoms with E-state index in [1.165, 1.54) is 12.1 Å². The molecule has 1 aliphatic heterocycles. The first-order valence-corrected chi connectivity index (χ1v) is 12.0. The number of hydrogen-bond acceptors (Lipinski definition) is 3. The van der Waals surface area contributed by atoms with E-state index in [4.69, 9.17) is 4.43 Å². The minimum Gasteiger partial charge on any atom is -0.413 e. The molecule has 1 aliphatic rings. The lowest BCUT2D eigenvalue weighted by molar-refractivity contribution is 0.177. The van der Waals surface area contributed by atoms with Gasteiger partial charge in [0.15, 0.2) is 20.0 Å². The van der Waals surface area contributed by atoms with Crippen LogP contribution in [0.3, 0.4) is 0 Å². The molecule has 0 bridgehead atoms. The van der Waals surface area contributed by atoms with Crippen molar-refractivity contribution >= 4 is 8.32 Å². The van der Waals surface area contributed by atoms with Crippen LogP contribution in [0.5, 0.6) is 0 Å². The number of nitrogens with one attached hydrogen (secondary N) is 1. The zero-order valence-electron chi connectivity index (χ0n) is 16.3. The third-order valence-electron chi connectivity index (χ3n) is 5.63. The molecule has 6 heteroatoms. The molecule has 142 valence electrons. The second-order valence-corrected chi connectivity index (χ2v) is 13.3. The first kappa shape index (κ1) is 20.5. The Balaban J connectivity index is 1.96. The SMILES string of the molecule is CN[C@@H](CN1CC[C@@H](O[Si](C)(C)C(C)(C)C)C1)c1ccc(F)c(F)c1. The highest BCUT2D eigenvalue weighted by Gasteiger charge is 2.40. The molecule has 1 N–H and O–H groups in total. The third kappa shape index (κ3) is 5.09. The van der Waals surface area contributed by atoms with Gasteiger partial charge in [-0.25, -0.2) is 8.78 Å². The molecular weight excluding hydrogens is 338 g/mol. The normalized spacial score (nSPS) is 20.9. The zero-order chi connectivity index (χ0) is 18.8. The van der Waals surface area contributed by atoms with E-state index in [1.807, 2.05) is 7.05 Å². The van der Waals surface area contributed by atoms with Gasteiger partial charge in [0.1, 0.15) is 0 Å². The van der Waals surface area contributed by atoms with Crippen molar-refractivity contribution in [2.75, 3.05) is 26.7 Å². The molecule has 0 aromatic heterocycles. The summed E-state index contributed by atoms with van der Waals surface area (Å²) >= 11 is 0. The van der Waals surface area contributed by atoms with E-state index in [2.05, 4.69) is 44.1 Å². The second kappa shape index (κ2) is 7.82. The maximum absolute atomic E-state index is 13.5. The van der Waals surface area contributed by atoms with E-state index in [0.717, 1.165) is 31.6 Å². The van der Waals surface area contributed by atoms with Crippen LogP contribution in [0.1, 0.15) is 38.8 Å². The molecule has 1 aromatic rings. The predicted molar refractivity (Wildman–Crippen MR) is 101 cm³/mol. The van der Waals surface area contributed by atoms with Gasteiger partial charge < -0.3 is 9.74 Å². The van der Waals surface area contributed by atoms with Gasteiger partial charge in [0.25, 0.3) is 0 Å². The lowest BCUT2D eigenvalue weighted by Gasteiger charge is -2.38. The fourth-order valence-corrected chi connectivity index (χ4v) is 4.38. The van der Waals surface area contributed by atoms with E-state index >= 15 is 0 Å². The highest BCUT2D eigenvalue weighted by Crippen LogP contribution is 2.38. The van der Waals surface area contributed by atoms with E-state index in [0.29, 0.717) is 0 Å². The van der Waals surface area contributed by atoms with E-state index < -0.39 is 20.0 Å². The summed E-state index contributed by atoms with van der Waals surface area (Å²) in [6.07, 6.45) is 1.30. The van der Waals surface area contributed by atoms with Gasteiger partial charge in [-0.15, -0.1) is 0 Å². The average molecular weight is 371 g/mol. The minimum absolute atomic E-state index is 0.0262. The Morgan fingerprint density at radius 1 is 1.28 bits per heavy atom. The Bertz CT molecular complexity index is 589. The summed E-state index contributed by atoms with van der Waals surface area (Å²) in [6, 6.07) is 4.11. The Hall–Kier alpha value is -0.823. The van der Waals surface area contributed by atoms with Gasteiger partial charge in [0.2, 0.25) is 0 Å². The van der Waals surface area contributed by atoms with Crippen LogP contribution >= 0.6 is 0 Å². The lowest BCUT2D eigenvalue weighted by atomic mass is 10.1. The molecule has 1 heterocycles. The summed E-state index contributed by atoms with van der Waals surface area (Å²) in [4.78, 5) is 2.35. The van der Waals surface area contributed by atoms with Crippen LogP contribution in [0.25, 0.3) is 0 Å². The molecule has 0 aliphatic carbocycles. The summed E-state index contributed by atoms with van der Waals surface area (Å²) in [5.41, 5.74) is 0.773. The quantitative estimate of drug-likeness (QED) is 0.755. The smallest absolute Gasteiger partial charge is 0.192 e. The monoisotopic (exact) mass is 370 g/mol. The van der Waals surface area contributed by atoms with Gasteiger partial charge in [-0.3, -0.25) is 4.90 Å². The largest absolute Gasteiger partial charge is 0.413 e. The van der Waals surface area contributed by atoms with E-state index in [9.17, 15) is 8.78 Å². The van der Waals surface area contributed by atoms with Gasteiger partial charge in [-0.1, -0.05) is 26.8 Å². The summed E-state index contributed by atoms with van der Waals surface area (Å²) in [5.74, 6) is -1.60. The Labute approximate surface area is 151 Å². The lowest BCUT2D eigenvalue weighted by Crippen LogP contribution is -2.44. The fraction of sp³-hybridized carbons (Fsp3) is 0.684. The third-order valence-corrected chi connectivity index (χ3v) is 10.2. The number of benzene rings is 1. The molecule has 0 saturated carbocycles. The molecule has 0 spiro atoms. The fourth-order valence-electron chi connectivity index (χ4n) is 3.00. The van der Waals surface area contributed by atoms with Crippen LogP contribution < -0.4 is 5.32 Å². The van der Waals surface area contributed by atoms with Crippen LogP contribution in [-0.4, -0.2) is 46.0 Å². The molecule has 0 unspecified atom stereocenters. The van der Waals surface area contributed by atoms with Crippen molar-refractivity contribution in [2.45, 2.75) is 57.5 Å². The molecule has 2 rings (SSSR count). The van der Waals surface area contributed by atoms with Gasteiger partial charge >= 0.3 is 0 Å². The topological polar surface area (TPSA) is 24.5 Å². The minimum atomic E-state index is -1.76. The molecule has 0 amide bonds. The number of hydrogen-bond donors (Lipinski definition) is 1. The molecule has 2 atom stereocenters. The average Bonchev–Trinajstić information content (AvgIpc) is 2.93. The molecule has 25 heavy (non-hydrogen) atoms. The molecule has 3 nitrogen and oxygen atoms in total. The maximum Gasteiger partial charge on any atom is 0.192 e. The van der Waals surface area contributed by atoms with Crippen molar-refractivity contribution in [1.82, 2.24) is 10.2 Å². The van der Waals surface area contributed by atoms with Crippen LogP contribution in [0.4, 0.5) is 8.78 Å². The molecule has 0 radical (unpaired) electrons. The molecule has 1 saturated heterocycles. The zero-order valence-corrected chi connectivity index (χ0v) is 17.3. The Morgan fingerprint density at radius 2 is 1.96 bits per heavy atom. The summed E-state index contributed by atoms with van der Waals surface area (Å²) in [6.45, 7) is 14.0. The van der Waals surface area contributed by atoms with Crippen LogP contribution in [-0.2, 0) is 4.43 Å². The van der Waals surface area contributed by atoms with Crippen molar-refractivity contribution in [3.63, 3.8) is 0 Å². The number of likely N-dealkylation sites (tertiary alicyclic amines) is 1.